The minimum absolute atomic E-state index is 0.0931. The van der Waals surface area contributed by atoms with Crippen molar-refractivity contribution in [1.29, 1.82) is 0 Å². The quantitative estimate of drug-likeness (QED) is 0.800. The van der Waals surface area contributed by atoms with Crippen molar-refractivity contribution in [2.45, 2.75) is 51.6 Å². The molecule has 1 aromatic rings. The molecule has 3 nitrogen and oxygen atoms in total. The number of hydrogen-bond acceptors (Lipinski definition) is 2. The highest BCUT2D eigenvalue weighted by molar-refractivity contribution is 5.17. The first-order valence-corrected chi connectivity index (χ1v) is 5.44. The van der Waals surface area contributed by atoms with E-state index in [4.69, 9.17) is 5.73 Å². The van der Waals surface area contributed by atoms with E-state index in [1.165, 1.54) is 24.2 Å². The summed E-state index contributed by atoms with van der Waals surface area (Å²) >= 11 is 0. The summed E-state index contributed by atoms with van der Waals surface area (Å²) in [5, 5.41) is 4.63. The van der Waals surface area contributed by atoms with Crippen molar-refractivity contribution in [3.63, 3.8) is 0 Å². The Morgan fingerprint density at radius 3 is 2.50 bits per heavy atom. The Morgan fingerprint density at radius 2 is 2.07 bits per heavy atom. The van der Waals surface area contributed by atoms with E-state index in [2.05, 4.69) is 29.7 Å². The molecule has 1 heterocycles. The van der Waals surface area contributed by atoms with Crippen LogP contribution in [0.25, 0.3) is 0 Å². The van der Waals surface area contributed by atoms with Gasteiger partial charge in [0.25, 0.3) is 0 Å². The molecule has 1 aliphatic rings. The van der Waals surface area contributed by atoms with Gasteiger partial charge in [-0.2, -0.15) is 5.10 Å². The van der Waals surface area contributed by atoms with E-state index in [9.17, 15) is 0 Å². The van der Waals surface area contributed by atoms with Crippen LogP contribution in [0.1, 0.15) is 63.0 Å². The van der Waals surface area contributed by atoms with Gasteiger partial charge in [-0.05, 0) is 31.7 Å². The van der Waals surface area contributed by atoms with E-state index in [0.29, 0.717) is 12.0 Å². The van der Waals surface area contributed by atoms with E-state index in [0.717, 1.165) is 0 Å². The third kappa shape index (κ3) is 1.69. The molecule has 1 atom stereocenters. The number of nitrogens with two attached hydrogens (primary N) is 1. The fourth-order valence-electron chi connectivity index (χ4n) is 1.66. The third-order valence-electron chi connectivity index (χ3n) is 2.73. The van der Waals surface area contributed by atoms with Gasteiger partial charge >= 0.3 is 0 Å². The van der Waals surface area contributed by atoms with Gasteiger partial charge < -0.3 is 5.73 Å². The molecule has 1 saturated carbocycles. The van der Waals surface area contributed by atoms with E-state index in [1.54, 1.807) is 0 Å². The summed E-state index contributed by atoms with van der Waals surface area (Å²) in [6.45, 7) is 6.37. The molecule has 3 heteroatoms. The van der Waals surface area contributed by atoms with Crippen molar-refractivity contribution in [2.75, 3.05) is 0 Å². The van der Waals surface area contributed by atoms with Gasteiger partial charge in [-0.3, -0.25) is 4.68 Å². The minimum atomic E-state index is 0.0931. The first kappa shape index (κ1) is 9.71. The van der Waals surface area contributed by atoms with E-state index in [1.807, 2.05) is 6.92 Å². The van der Waals surface area contributed by atoms with E-state index in [-0.39, 0.29) is 6.04 Å². The SMILES string of the molecule is CC(C)c1cc(C(C)N)n(C2CC2)n1. The third-order valence-corrected chi connectivity index (χ3v) is 2.73. The van der Waals surface area contributed by atoms with Crippen LogP contribution in [-0.4, -0.2) is 9.78 Å². The molecule has 0 bridgehead atoms. The van der Waals surface area contributed by atoms with E-state index >= 15 is 0 Å². The lowest BCUT2D eigenvalue weighted by atomic mass is 10.1. The average molecular weight is 193 g/mol. The van der Waals surface area contributed by atoms with Gasteiger partial charge in [0, 0.05) is 6.04 Å². The normalized spacial score (nSPS) is 18.9. The summed E-state index contributed by atoms with van der Waals surface area (Å²) in [4.78, 5) is 0. The highest BCUT2D eigenvalue weighted by atomic mass is 15.3. The van der Waals surface area contributed by atoms with Crippen LogP contribution in [0.5, 0.6) is 0 Å². The summed E-state index contributed by atoms with van der Waals surface area (Å²) < 4.78 is 2.14. The Morgan fingerprint density at radius 1 is 1.43 bits per heavy atom. The molecular formula is C11H19N3. The smallest absolute Gasteiger partial charge is 0.0653 e. The Hall–Kier alpha value is -0.830. The maximum absolute atomic E-state index is 5.93. The van der Waals surface area contributed by atoms with Crippen LogP contribution in [0.3, 0.4) is 0 Å². The molecule has 0 amide bonds. The molecule has 2 rings (SSSR count). The lowest BCUT2D eigenvalue weighted by Crippen LogP contribution is -2.12. The Kier molecular flexibility index (Phi) is 2.35. The van der Waals surface area contributed by atoms with Crippen molar-refractivity contribution in [3.05, 3.63) is 17.5 Å². The first-order valence-electron chi connectivity index (χ1n) is 5.44. The van der Waals surface area contributed by atoms with Gasteiger partial charge in [-0.15, -0.1) is 0 Å². The zero-order valence-corrected chi connectivity index (χ0v) is 9.20. The molecule has 1 unspecified atom stereocenters. The molecule has 0 aliphatic heterocycles. The maximum Gasteiger partial charge on any atom is 0.0653 e. The standard InChI is InChI=1S/C11H19N3/c1-7(2)10-6-11(8(3)12)14(13-10)9-4-5-9/h6-9H,4-5,12H2,1-3H3. The molecule has 14 heavy (non-hydrogen) atoms. The predicted molar refractivity (Wildman–Crippen MR) is 57.2 cm³/mol. The zero-order chi connectivity index (χ0) is 10.3. The monoisotopic (exact) mass is 193 g/mol. The number of rotatable bonds is 3. The van der Waals surface area contributed by atoms with E-state index < -0.39 is 0 Å². The molecule has 0 aromatic carbocycles. The molecule has 1 fully saturated rings. The largest absolute Gasteiger partial charge is 0.323 e. The Bertz CT molecular complexity index is 302. The van der Waals surface area contributed by atoms with Crippen LogP contribution in [0.15, 0.2) is 6.07 Å². The molecule has 0 radical (unpaired) electrons. The maximum atomic E-state index is 5.93. The second-order valence-electron chi connectivity index (χ2n) is 4.61. The Balaban J connectivity index is 2.35. The molecule has 0 spiro atoms. The van der Waals surface area contributed by atoms with Crippen LogP contribution in [0, 0.1) is 0 Å². The summed E-state index contributed by atoms with van der Waals surface area (Å²) in [6, 6.07) is 2.88. The molecule has 1 aromatic heterocycles. The van der Waals surface area contributed by atoms with Crippen LogP contribution < -0.4 is 5.73 Å². The van der Waals surface area contributed by atoms with Gasteiger partial charge in [-0.1, -0.05) is 13.8 Å². The molecule has 0 saturated heterocycles. The molecule has 78 valence electrons. The van der Waals surface area contributed by atoms with Crippen LogP contribution in [0.2, 0.25) is 0 Å². The molecule has 2 N–H and O–H groups in total. The highest BCUT2D eigenvalue weighted by Crippen LogP contribution is 2.37. The van der Waals surface area contributed by atoms with Crippen molar-refractivity contribution >= 4 is 0 Å². The van der Waals surface area contributed by atoms with Gasteiger partial charge in [-0.25, -0.2) is 0 Å². The second-order valence-corrected chi connectivity index (χ2v) is 4.61. The van der Waals surface area contributed by atoms with Crippen LogP contribution in [0.4, 0.5) is 0 Å². The molecular weight excluding hydrogens is 174 g/mol. The van der Waals surface area contributed by atoms with Crippen molar-refractivity contribution in [3.8, 4) is 0 Å². The number of aromatic nitrogens is 2. The van der Waals surface area contributed by atoms with Crippen molar-refractivity contribution in [2.24, 2.45) is 5.73 Å². The number of nitrogens with zero attached hydrogens (tertiary/aromatic N) is 2. The lowest BCUT2D eigenvalue weighted by molar-refractivity contribution is 0.567. The summed E-state index contributed by atoms with van der Waals surface area (Å²) in [7, 11) is 0. The summed E-state index contributed by atoms with van der Waals surface area (Å²) in [6.07, 6.45) is 2.53. The fraction of sp³-hybridized carbons (Fsp3) is 0.727. The number of hydrogen-bond donors (Lipinski definition) is 1. The summed E-state index contributed by atoms with van der Waals surface area (Å²) in [5.74, 6) is 0.493. The van der Waals surface area contributed by atoms with Gasteiger partial charge in [0.05, 0.1) is 17.4 Å². The highest BCUT2D eigenvalue weighted by Gasteiger charge is 2.28. The second kappa shape index (κ2) is 3.39. The van der Waals surface area contributed by atoms with Gasteiger partial charge in [0.2, 0.25) is 0 Å². The molecule has 1 aliphatic carbocycles. The lowest BCUT2D eigenvalue weighted by Gasteiger charge is -2.07. The minimum Gasteiger partial charge on any atom is -0.323 e. The van der Waals surface area contributed by atoms with Gasteiger partial charge in [0.1, 0.15) is 0 Å². The van der Waals surface area contributed by atoms with Crippen LogP contribution >= 0.6 is 0 Å². The van der Waals surface area contributed by atoms with Crippen molar-refractivity contribution < 1.29 is 0 Å². The predicted octanol–water partition coefficient (Wildman–Crippen LogP) is 2.36. The fourth-order valence-corrected chi connectivity index (χ4v) is 1.66. The van der Waals surface area contributed by atoms with Crippen molar-refractivity contribution in [1.82, 2.24) is 9.78 Å². The average Bonchev–Trinajstić information content (AvgIpc) is 2.83. The first-order chi connectivity index (χ1) is 6.59. The van der Waals surface area contributed by atoms with Gasteiger partial charge in [0.15, 0.2) is 0 Å². The van der Waals surface area contributed by atoms with Crippen LogP contribution in [-0.2, 0) is 0 Å². The Labute approximate surface area is 85.3 Å². The summed E-state index contributed by atoms with van der Waals surface area (Å²) in [5.41, 5.74) is 8.29. The zero-order valence-electron chi connectivity index (χ0n) is 9.20. The topological polar surface area (TPSA) is 43.8 Å².